The van der Waals surface area contributed by atoms with Gasteiger partial charge >= 0.3 is 5.97 Å². The average molecular weight is 473 g/mol. The van der Waals surface area contributed by atoms with Crippen molar-refractivity contribution in [3.8, 4) is 11.5 Å². The predicted octanol–water partition coefficient (Wildman–Crippen LogP) is 4.05. The summed E-state index contributed by atoms with van der Waals surface area (Å²) in [5.41, 5.74) is 0.996. The summed E-state index contributed by atoms with van der Waals surface area (Å²) in [6.45, 7) is 3.98. The number of nitrogens with one attached hydrogen (secondary N) is 1. The van der Waals surface area contributed by atoms with Crippen molar-refractivity contribution in [2.75, 3.05) is 25.1 Å². The third-order valence-corrected chi connectivity index (χ3v) is 5.33. The number of anilines is 1. The van der Waals surface area contributed by atoms with Crippen LogP contribution < -0.4 is 14.8 Å². The second-order valence-corrected chi connectivity index (χ2v) is 7.58. The molecule has 0 aliphatic heterocycles. The molecule has 0 unspecified atom stereocenters. The minimum atomic E-state index is -0.876. The second-order valence-electron chi connectivity index (χ2n) is 7.58. The van der Waals surface area contributed by atoms with E-state index in [2.05, 4.69) is 5.32 Å². The molecule has 0 fully saturated rings. The number of carbonyl (C=O) groups excluding carboxylic acids is 4. The molecule has 1 aliphatic carbocycles. The van der Waals surface area contributed by atoms with Crippen LogP contribution in [0.4, 0.5) is 5.69 Å². The van der Waals surface area contributed by atoms with E-state index in [9.17, 15) is 19.2 Å². The van der Waals surface area contributed by atoms with E-state index in [4.69, 9.17) is 14.2 Å². The van der Waals surface area contributed by atoms with Gasteiger partial charge in [0, 0.05) is 34.0 Å². The number of carbonyl (C=O) groups is 4. The zero-order valence-corrected chi connectivity index (χ0v) is 19.3. The molecule has 0 bridgehead atoms. The number of benzene rings is 3. The van der Waals surface area contributed by atoms with Gasteiger partial charge in [0.05, 0.1) is 18.8 Å². The van der Waals surface area contributed by atoms with Gasteiger partial charge in [0.1, 0.15) is 0 Å². The molecule has 1 amide bonds. The molecule has 1 N–H and O–H groups in total. The summed E-state index contributed by atoms with van der Waals surface area (Å²) in [6, 6.07) is 15.8. The molecular weight excluding hydrogens is 450 g/mol. The van der Waals surface area contributed by atoms with Crippen LogP contribution in [0.5, 0.6) is 11.5 Å². The van der Waals surface area contributed by atoms with Crippen LogP contribution in [0.15, 0.2) is 60.7 Å². The third-order valence-electron chi connectivity index (χ3n) is 5.33. The molecule has 3 aromatic rings. The van der Waals surface area contributed by atoms with Crippen LogP contribution in [0.3, 0.4) is 0 Å². The zero-order chi connectivity index (χ0) is 24.9. The lowest BCUT2D eigenvalue weighted by Crippen LogP contribution is -2.26. The van der Waals surface area contributed by atoms with E-state index in [1.165, 1.54) is 18.2 Å². The highest BCUT2D eigenvalue weighted by Gasteiger charge is 2.33. The van der Waals surface area contributed by atoms with Crippen LogP contribution in [0.1, 0.15) is 56.0 Å². The van der Waals surface area contributed by atoms with E-state index >= 15 is 0 Å². The van der Waals surface area contributed by atoms with Gasteiger partial charge in [0.25, 0.3) is 5.91 Å². The Labute approximate surface area is 201 Å². The largest absolute Gasteiger partial charge is 0.490 e. The highest BCUT2D eigenvalue weighted by Crippen LogP contribution is 2.31. The van der Waals surface area contributed by atoms with Crippen LogP contribution >= 0.6 is 0 Å². The Hall–Kier alpha value is -4.46. The van der Waals surface area contributed by atoms with Crippen LogP contribution in [0.25, 0.3) is 0 Å². The highest BCUT2D eigenvalue weighted by atomic mass is 16.5. The summed E-state index contributed by atoms with van der Waals surface area (Å²) in [5, 5.41) is 2.64. The fraction of sp³-hybridized carbons (Fsp3) is 0.185. The van der Waals surface area contributed by atoms with Crippen molar-refractivity contribution in [3.05, 3.63) is 88.5 Å². The van der Waals surface area contributed by atoms with Crippen LogP contribution in [-0.2, 0) is 9.53 Å². The molecule has 0 radical (unpaired) electrons. The van der Waals surface area contributed by atoms with Gasteiger partial charge in [-0.15, -0.1) is 0 Å². The summed E-state index contributed by atoms with van der Waals surface area (Å²) in [7, 11) is 0. The van der Waals surface area contributed by atoms with Crippen molar-refractivity contribution in [3.63, 3.8) is 0 Å². The van der Waals surface area contributed by atoms with Crippen molar-refractivity contribution in [1.29, 1.82) is 0 Å². The van der Waals surface area contributed by atoms with E-state index < -0.39 is 24.3 Å². The Bertz CT molecular complexity index is 1330. The normalized spacial score (nSPS) is 11.8. The summed E-state index contributed by atoms with van der Waals surface area (Å²) in [5.74, 6) is -1.22. The van der Waals surface area contributed by atoms with Crippen LogP contribution in [0, 0.1) is 0 Å². The lowest BCUT2D eigenvalue weighted by molar-refractivity contribution is -0.119. The van der Waals surface area contributed by atoms with Gasteiger partial charge < -0.3 is 19.5 Å². The number of fused-ring (bicyclic) bond motifs is 2. The molecule has 35 heavy (non-hydrogen) atoms. The predicted molar refractivity (Wildman–Crippen MR) is 127 cm³/mol. The fourth-order valence-corrected chi connectivity index (χ4v) is 3.85. The maximum atomic E-state index is 13.1. The molecule has 8 heteroatoms. The molecule has 0 aromatic heterocycles. The standard InChI is InChI=1S/C27H23NO7/c1-3-33-21-13-12-16(14-22(21)34-4-2)28-23(29)15-35-27(32)20-11-7-10-19-24(20)26(31)18-9-6-5-8-17(18)25(19)30/h5-14H,3-4,15H2,1-2H3,(H,28,29). The van der Waals surface area contributed by atoms with E-state index in [1.807, 2.05) is 13.8 Å². The molecule has 0 heterocycles. The first-order valence-electron chi connectivity index (χ1n) is 11.1. The number of amides is 1. The van der Waals surface area contributed by atoms with Gasteiger partial charge in [-0.25, -0.2) is 4.79 Å². The van der Waals surface area contributed by atoms with Crippen molar-refractivity contribution < 1.29 is 33.4 Å². The van der Waals surface area contributed by atoms with Gasteiger partial charge in [-0.1, -0.05) is 36.4 Å². The van der Waals surface area contributed by atoms with Crippen LogP contribution in [0.2, 0.25) is 0 Å². The first-order valence-corrected chi connectivity index (χ1v) is 11.1. The van der Waals surface area contributed by atoms with Crippen molar-refractivity contribution in [2.24, 2.45) is 0 Å². The lowest BCUT2D eigenvalue weighted by atomic mass is 9.82. The van der Waals surface area contributed by atoms with Crippen LogP contribution in [-0.4, -0.2) is 43.3 Å². The molecule has 1 aliphatic rings. The highest BCUT2D eigenvalue weighted by molar-refractivity contribution is 6.30. The summed E-state index contributed by atoms with van der Waals surface area (Å²) >= 11 is 0. The van der Waals surface area contributed by atoms with E-state index in [1.54, 1.807) is 42.5 Å². The van der Waals surface area contributed by atoms with Crippen molar-refractivity contribution in [2.45, 2.75) is 13.8 Å². The zero-order valence-electron chi connectivity index (χ0n) is 19.3. The van der Waals surface area contributed by atoms with Gasteiger partial charge in [0.2, 0.25) is 0 Å². The summed E-state index contributed by atoms with van der Waals surface area (Å²) < 4.78 is 16.2. The Balaban J connectivity index is 1.47. The van der Waals surface area contributed by atoms with Gasteiger partial charge in [0.15, 0.2) is 29.7 Å². The number of rotatable bonds is 8. The first kappa shape index (κ1) is 23.7. The van der Waals surface area contributed by atoms with E-state index in [0.717, 1.165) is 0 Å². The molecule has 4 rings (SSSR count). The average Bonchev–Trinajstić information content (AvgIpc) is 2.87. The SMILES string of the molecule is CCOc1ccc(NC(=O)COC(=O)c2cccc3c2C(=O)c2ccccc2C3=O)cc1OCC. The first-order chi connectivity index (χ1) is 16.9. The monoisotopic (exact) mass is 473 g/mol. The van der Waals surface area contributed by atoms with Gasteiger partial charge in [-0.3, -0.25) is 14.4 Å². The molecule has 8 nitrogen and oxygen atoms in total. The topological polar surface area (TPSA) is 108 Å². The summed E-state index contributed by atoms with van der Waals surface area (Å²) in [4.78, 5) is 51.1. The minimum Gasteiger partial charge on any atom is -0.490 e. The molecule has 178 valence electrons. The molecule has 0 spiro atoms. The maximum Gasteiger partial charge on any atom is 0.339 e. The fourth-order valence-electron chi connectivity index (χ4n) is 3.85. The smallest absolute Gasteiger partial charge is 0.339 e. The number of esters is 1. The van der Waals surface area contributed by atoms with E-state index in [-0.39, 0.29) is 33.6 Å². The second kappa shape index (κ2) is 10.2. The van der Waals surface area contributed by atoms with Crippen molar-refractivity contribution in [1.82, 2.24) is 0 Å². The van der Waals surface area contributed by atoms with Gasteiger partial charge in [-0.2, -0.15) is 0 Å². The number of ether oxygens (including phenoxy) is 3. The minimum absolute atomic E-state index is 0.0190. The molecule has 0 saturated heterocycles. The number of ketones is 2. The Morgan fingerprint density at radius 3 is 2.14 bits per heavy atom. The summed E-state index contributed by atoms with van der Waals surface area (Å²) in [6.07, 6.45) is 0. The van der Waals surface area contributed by atoms with Crippen molar-refractivity contribution >= 4 is 29.1 Å². The Morgan fingerprint density at radius 1 is 0.771 bits per heavy atom. The Morgan fingerprint density at radius 2 is 1.43 bits per heavy atom. The molecule has 3 aromatic carbocycles. The van der Waals surface area contributed by atoms with Gasteiger partial charge in [-0.05, 0) is 32.0 Å². The third kappa shape index (κ3) is 4.77. The molecular formula is C27H23NO7. The Kier molecular flexibility index (Phi) is 6.91. The molecule has 0 atom stereocenters. The molecule has 0 saturated carbocycles. The number of hydrogen-bond donors (Lipinski definition) is 1. The number of hydrogen-bond acceptors (Lipinski definition) is 7. The van der Waals surface area contributed by atoms with E-state index in [0.29, 0.717) is 30.4 Å². The maximum absolute atomic E-state index is 13.1. The lowest BCUT2D eigenvalue weighted by Gasteiger charge is -2.19. The quantitative estimate of drug-likeness (QED) is 0.385.